The van der Waals surface area contributed by atoms with E-state index in [2.05, 4.69) is 6.07 Å². The number of hydrogen-bond acceptors (Lipinski definition) is 2. The molecule has 3 nitrogen and oxygen atoms in total. The SMILES string of the molecule is Cn1c(C#N)ccc1-c1c(Cl)cc(O)cc1Cl. The van der Waals surface area contributed by atoms with Gasteiger partial charge in [-0.25, -0.2) is 0 Å². The Balaban J connectivity index is 2.69. The van der Waals surface area contributed by atoms with Gasteiger partial charge in [-0.15, -0.1) is 0 Å². The van der Waals surface area contributed by atoms with Crippen LogP contribution < -0.4 is 0 Å². The largest absolute Gasteiger partial charge is 0.508 e. The van der Waals surface area contributed by atoms with Gasteiger partial charge in [-0.2, -0.15) is 5.26 Å². The molecular formula is C12H8Cl2N2O. The van der Waals surface area contributed by atoms with E-state index < -0.39 is 0 Å². The van der Waals surface area contributed by atoms with Gasteiger partial charge in [-0.1, -0.05) is 23.2 Å². The van der Waals surface area contributed by atoms with Crippen molar-refractivity contribution in [2.24, 2.45) is 7.05 Å². The zero-order chi connectivity index (χ0) is 12.6. The third kappa shape index (κ3) is 1.97. The minimum absolute atomic E-state index is 0.0125. The van der Waals surface area contributed by atoms with E-state index in [9.17, 15) is 5.11 Å². The number of rotatable bonds is 1. The van der Waals surface area contributed by atoms with Crippen molar-refractivity contribution in [3.05, 3.63) is 40.0 Å². The fourth-order valence-electron chi connectivity index (χ4n) is 1.68. The van der Waals surface area contributed by atoms with Crippen molar-refractivity contribution in [1.82, 2.24) is 4.57 Å². The first-order chi connectivity index (χ1) is 8.04. The summed E-state index contributed by atoms with van der Waals surface area (Å²) < 4.78 is 1.70. The van der Waals surface area contributed by atoms with E-state index in [1.54, 1.807) is 23.7 Å². The molecule has 0 amide bonds. The molecule has 0 spiro atoms. The number of aromatic hydroxyl groups is 1. The lowest BCUT2D eigenvalue weighted by Gasteiger charge is -2.09. The highest BCUT2D eigenvalue weighted by atomic mass is 35.5. The van der Waals surface area contributed by atoms with Gasteiger partial charge in [0.15, 0.2) is 0 Å². The molecule has 0 aliphatic rings. The third-order valence-electron chi connectivity index (χ3n) is 2.52. The fourth-order valence-corrected chi connectivity index (χ4v) is 2.35. The van der Waals surface area contributed by atoms with Crippen molar-refractivity contribution in [3.63, 3.8) is 0 Å². The second-order valence-electron chi connectivity index (χ2n) is 3.56. The van der Waals surface area contributed by atoms with Crippen LogP contribution in [-0.2, 0) is 7.05 Å². The maximum Gasteiger partial charge on any atom is 0.120 e. The molecule has 1 aromatic carbocycles. The number of benzene rings is 1. The topological polar surface area (TPSA) is 49.0 Å². The van der Waals surface area contributed by atoms with Gasteiger partial charge >= 0.3 is 0 Å². The molecule has 1 aromatic heterocycles. The van der Waals surface area contributed by atoms with E-state index in [-0.39, 0.29) is 5.75 Å². The van der Waals surface area contributed by atoms with E-state index in [0.717, 1.165) is 5.69 Å². The normalized spacial score (nSPS) is 10.2. The lowest BCUT2D eigenvalue weighted by atomic mass is 10.1. The molecule has 86 valence electrons. The molecule has 0 fully saturated rings. The van der Waals surface area contributed by atoms with Crippen LogP contribution in [0, 0.1) is 11.3 Å². The summed E-state index contributed by atoms with van der Waals surface area (Å²) in [7, 11) is 1.76. The summed E-state index contributed by atoms with van der Waals surface area (Å²) in [5, 5.41) is 18.9. The molecule has 0 saturated heterocycles. The summed E-state index contributed by atoms with van der Waals surface area (Å²) in [5.41, 5.74) is 1.85. The number of halogens is 2. The Morgan fingerprint density at radius 2 is 1.82 bits per heavy atom. The van der Waals surface area contributed by atoms with Gasteiger partial charge in [-0.3, -0.25) is 0 Å². The van der Waals surface area contributed by atoms with Crippen molar-refractivity contribution < 1.29 is 5.11 Å². The first kappa shape index (κ1) is 11.8. The first-order valence-corrected chi connectivity index (χ1v) is 5.54. The van der Waals surface area contributed by atoms with E-state index in [4.69, 9.17) is 28.5 Å². The predicted octanol–water partition coefficient (Wildman–Crippen LogP) is 3.58. The number of nitriles is 1. The Hall–Kier alpha value is -1.63. The summed E-state index contributed by atoms with van der Waals surface area (Å²) in [6, 6.07) is 8.36. The number of nitrogens with zero attached hydrogens (tertiary/aromatic N) is 2. The van der Waals surface area contributed by atoms with Crippen molar-refractivity contribution in [1.29, 1.82) is 5.26 Å². The molecule has 0 atom stereocenters. The Morgan fingerprint density at radius 3 is 2.29 bits per heavy atom. The Kier molecular flexibility index (Phi) is 3.01. The molecule has 0 aliphatic heterocycles. The molecule has 5 heteroatoms. The summed E-state index contributed by atoms with van der Waals surface area (Å²) >= 11 is 12.1. The van der Waals surface area contributed by atoms with Crippen LogP contribution in [0.2, 0.25) is 10.0 Å². The summed E-state index contributed by atoms with van der Waals surface area (Å²) in [6.45, 7) is 0. The standard InChI is InChI=1S/C12H8Cl2N2O/c1-16-7(6-15)2-3-11(16)12-9(13)4-8(17)5-10(12)14/h2-5,17H,1H3. The Morgan fingerprint density at radius 1 is 1.24 bits per heavy atom. The van der Waals surface area contributed by atoms with Gasteiger partial charge in [0.05, 0.1) is 15.7 Å². The van der Waals surface area contributed by atoms with Crippen molar-refractivity contribution >= 4 is 23.2 Å². The summed E-state index contributed by atoms with van der Waals surface area (Å²) in [4.78, 5) is 0. The predicted molar refractivity (Wildman–Crippen MR) is 67.2 cm³/mol. The molecule has 2 rings (SSSR count). The average molecular weight is 267 g/mol. The fraction of sp³-hybridized carbons (Fsp3) is 0.0833. The molecule has 0 unspecified atom stereocenters. The molecule has 1 heterocycles. The van der Waals surface area contributed by atoms with E-state index in [1.165, 1.54) is 12.1 Å². The van der Waals surface area contributed by atoms with Crippen LogP contribution in [0.5, 0.6) is 5.75 Å². The summed E-state index contributed by atoms with van der Waals surface area (Å²) in [5.74, 6) is 0.0125. The van der Waals surface area contributed by atoms with E-state index in [1.807, 2.05) is 0 Å². The van der Waals surface area contributed by atoms with Crippen molar-refractivity contribution in [3.8, 4) is 23.1 Å². The lowest BCUT2D eigenvalue weighted by molar-refractivity contribution is 0.475. The molecule has 0 bridgehead atoms. The second kappa shape index (κ2) is 4.33. The van der Waals surface area contributed by atoms with Gasteiger partial charge in [0.2, 0.25) is 0 Å². The highest BCUT2D eigenvalue weighted by Crippen LogP contribution is 2.38. The number of phenolic OH excluding ortho intramolecular Hbond substituents is 1. The van der Waals surface area contributed by atoms with Gasteiger partial charge in [0.25, 0.3) is 0 Å². The number of phenols is 1. The van der Waals surface area contributed by atoms with E-state index in [0.29, 0.717) is 21.3 Å². The zero-order valence-corrected chi connectivity index (χ0v) is 10.4. The first-order valence-electron chi connectivity index (χ1n) is 4.78. The van der Waals surface area contributed by atoms with Gasteiger partial charge < -0.3 is 9.67 Å². The molecular weight excluding hydrogens is 259 g/mol. The Bertz CT molecular complexity index is 603. The molecule has 0 aliphatic carbocycles. The van der Waals surface area contributed by atoms with Gasteiger partial charge in [-0.05, 0) is 24.3 Å². The highest BCUT2D eigenvalue weighted by Gasteiger charge is 2.14. The molecule has 0 saturated carbocycles. The van der Waals surface area contributed by atoms with Crippen LogP contribution in [0.1, 0.15) is 5.69 Å². The quantitative estimate of drug-likeness (QED) is 0.858. The molecule has 0 radical (unpaired) electrons. The highest BCUT2D eigenvalue weighted by molar-refractivity contribution is 6.39. The second-order valence-corrected chi connectivity index (χ2v) is 4.37. The average Bonchev–Trinajstić information content (AvgIpc) is 2.59. The van der Waals surface area contributed by atoms with Crippen LogP contribution >= 0.6 is 23.2 Å². The van der Waals surface area contributed by atoms with Crippen LogP contribution in [0.4, 0.5) is 0 Å². The van der Waals surface area contributed by atoms with E-state index >= 15 is 0 Å². The molecule has 1 N–H and O–H groups in total. The maximum atomic E-state index is 9.36. The summed E-state index contributed by atoms with van der Waals surface area (Å²) in [6.07, 6.45) is 0. The Labute approximate surface area is 108 Å². The third-order valence-corrected chi connectivity index (χ3v) is 3.12. The van der Waals surface area contributed by atoms with Crippen LogP contribution in [-0.4, -0.2) is 9.67 Å². The van der Waals surface area contributed by atoms with Crippen LogP contribution in [0.3, 0.4) is 0 Å². The van der Waals surface area contributed by atoms with Crippen molar-refractivity contribution in [2.75, 3.05) is 0 Å². The van der Waals surface area contributed by atoms with Crippen molar-refractivity contribution in [2.45, 2.75) is 0 Å². The zero-order valence-electron chi connectivity index (χ0n) is 8.91. The van der Waals surface area contributed by atoms with Crippen LogP contribution in [0.15, 0.2) is 24.3 Å². The van der Waals surface area contributed by atoms with Gasteiger partial charge in [0, 0.05) is 12.6 Å². The maximum absolute atomic E-state index is 9.36. The minimum Gasteiger partial charge on any atom is -0.508 e. The van der Waals surface area contributed by atoms with Gasteiger partial charge in [0.1, 0.15) is 17.5 Å². The minimum atomic E-state index is 0.0125. The monoisotopic (exact) mass is 266 g/mol. The lowest BCUT2D eigenvalue weighted by Crippen LogP contribution is -1.95. The molecule has 2 aromatic rings. The van der Waals surface area contributed by atoms with Crippen LogP contribution in [0.25, 0.3) is 11.3 Å². The number of hydrogen-bond donors (Lipinski definition) is 1. The number of aromatic nitrogens is 1. The molecule has 17 heavy (non-hydrogen) atoms. The smallest absolute Gasteiger partial charge is 0.120 e.